The van der Waals surface area contributed by atoms with Gasteiger partial charge in [-0.1, -0.05) is 13.3 Å². The number of unbranched alkanes of at least 4 members (excludes halogenated alkanes) is 1. The summed E-state index contributed by atoms with van der Waals surface area (Å²) in [5.41, 5.74) is 1.90. The van der Waals surface area contributed by atoms with E-state index in [0.717, 1.165) is 18.8 Å². The zero-order valence-corrected chi connectivity index (χ0v) is 8.88. The number of nitrogens with zero attached hydrogens (tertiary/aromatic N) is 2. The van der Waals surface area contributed by atoms with Crippen LogP contribution in [0.1, 0.15) is 31.0 Å². The molecule has 14 heavy (non-hydrogen) atoms. The predicted molar refractivity (Wildman–Crippen MR) is 56.7 cm³/mol. The van der Waals surface area contributed by atoms with Gasteiger partial charge in [-0.3, -0.25) is 0 Å². The van der Waals surface area contributed by atoms with E-state index in [1.54, 1.807) is 0 Å². The van der Waals surface area contributed by atoms with Gasteiger partial charge in [-0.15, -0.1) is 0 Å². The molecule has 0 unspecified atom stereocenters. The average Bonchev–Trinajstić information content (AvgIpc) is 2.54. The Kier molecular flexibility index (Phi) is 4.21. The smallest absolute Gasteiger partial charge is 0.120 e. The highest BCUT2D eigenvalue weighted by molar-refractivity contribution is 5.28. The third kappa shape index (κ3) is 2.90. The molecule has 1 aromatic heterocycles. The lowest BCUT2D eigenvalue weighted by molar-refractivity contribution is 0.641. The van der Waals surface area contributed by atoms with Crippen LogP contribution in [0.5, 0.6) is 0 Å². The van der Waals surface area contributed by atoms with Crippen LogP contribution in [0.2, 0.25) is 0 Å². The second-order valence-corrected chi connectivity index (χ2v) is 3.49. The Morgan fingerprint density at radius 2 is 2.36 bits per heavy atom. The van der Waals surface area contributed by atoms with E-state index in [9.17, 15) is 0 Å². The van der Waals surface area contributed by atoms with E-state index in [0.29, 0.717) is 0 Å². The monoisotopic (exact) mass is 191 g/mol. The number of nitrogens with one attached hydrogen (secondary N) is 1. The van der Waals surface area contributed by atoms with Gasteiger partial charge >= 0.3 is 0 Å². The predicted octanol–water partition coefficient (Wildman–Crippen LogP) is 1.79. The zero-order chi connectivity index (χ0) is 10.4. The first-order valence-corrected chi connectivity index (χ1v) is 5.04. The lowest BCUT2D eigenvalue weighted by Gasteiger charge is -2.00. The number of hydrogen-bond donors (Lipinski definition) is 1. The van der Waals surface area contributed by atoms with Crippen LogP contribution >= 0.6 is 0 Å². The lowest BCUT2D eigenvalue weighted by Crippen LogP contribution is -2.13. The van der Waals surface area contributed by atoms with E-state index in [-0.39, 0.29) is 0 Å². The zero-order valence-electron chi connectivity index (χ0n) is 8.88. The molecule has 3 heteroatoms. The molecular formula is C11H17N3. The molecular weight excluding hydrogens is 174 g/mol. The molecule has 0 aliphatic carbocycles. The summed E-state index contributed by atoms with van der Waals surface area (Å²) in [5.74, 6) is 0. The van der Waals surface area contributed by atoms with Gasteiger partial charge in [-0.2, -0.15) is 5.26 Å². The summed E-state index contributed by atoms with van der Waals surface area (Å²) < 4.78 is 1.86. The normalized spacial score (nSPS) is 10.1. The fourth-order valence-electron chi connectivity index (χ4n) is 1.38. The molecule has 0 aliphatic heterocycles. The standard InChI is InChI=1S/C11H17N3/c1-3-4-5-13-8-10-6-11(7-12)14(2)9-10/h6,9,13H,3-5,8H2,1-2H3. The highest BCUT2D eigenvalue weighted by atomic mass is 14.9. The van der Waals surface area contributed by atoms with Crippen molar-refractivity contribution in [1.82, 2.24) is 9.88 Å². The van der Waals surface area contributed by atoms with Crippen LogP contribution in [0.3, 0.4) is 0 Å². The highest BCUT2D eigenvalue weighted by Crippen LogP contribution is 2.05. The SMILES string of the molecule is CCCCNCc1cc(C#N)n(C)c1. The molecule has 3 nitrogen and oxygen atoms in total. The third-order valence-corrected chi connectivity index (χ3v) is 2.21. The Balaban J connectivity index is 2.40. The van der Waals surface area contributed by atoms with Gasteiger partial charge in [0.2, 0.25) is 0 Å². The molecule has 0 saturated carbocycles. The molecule has 76 valence electrons. The van der Waals surface area contributed by atoms with Crippen LogP contribution in [0.15, 0.2) is 12.3 Å². The van der Waals surface area contributed by atoms with Crippen molar-refractivity contribution in [1.29, 1.82) is 5.26 Å². The van der Waals surface area contributed by atoms with Gasteiger partial charge in [0.15, 0.2) is 0 Å². The summed E-state index contributed by atoms with van der Waals surface area (Å²) in [6, 6.07) is 4.08. The molecule has 0 aliphatic rings. The number of hydrogen-bond acceptors (Lipinski definition) is 2. The summed E-state index contributed by atoms with van der Waals surface area (Å²) in [5, 5.41) is 12.1. The summed E-state index contributed by atoms with van der Waals surface area (Å²) in [6.07, 6.45) is 4.42. The van der Waals surface area contributed by atoms with Crippen LogP contribution in [0, 0.1) is 11.3 Å². The molecule has 0 radical (unpaired) electrons. The molecule has 1 aromatic rings. The Morgan fingerprint density at radius 1 is 1.57 bits per heavy atom. The molecule has 0 atom stereocenters. The number of aryl methyl sites for hydroxylation is 1. The number of nitriles is 1. The minimum absolute atomic E-state index is 0.720. The molecule has 0 aromatic carbocycles. The summed E-state index contributed by atoms with van der Waals surface area (Å²) >= 11 is 0. The Morgan fingerprint density at radius 3 is 2.93 bits per heavy atom. The summed E-state index contributed by atoms with van der Waals surface area (Å²) in [7, 11) is 1.90. The summed E-state index contributed by atoms with van der Waals surface area (Å²) in [4.78, 5) is 0. The van der Waals surface area contributed by atoms with Crippen molar-refractivity contribution in [3.05, 3.63) is 23.5 Å². The maximum Gasteiger partial charge on any atom is 0.120 e. The molecule has 1 rings (SSSR count). The first-order chi connectivity index (χ1) is 6.77. The fraction of sp³-hybridized carbons (Fsp3) is 0.545. The van der Waals surface area contributed by atoms with Crippen LogP contribution in [0.4, 0.5) is 0 Å². The minimum atomic E-state index is 0.720. The van der Waals surface area contributed by atoms with E-state index >= 15 is 0 Å². The highest BCUT2D eigenvalue weighted by Gasteiger charge is 2.00. The lowest BCUT2D eigenvalue weighted by atomic mass is 10.3. The van der Waals surface area contributed by atoms with Gasteiger partial charge in [0.25, 0.3) is 0 Å². The second-order valence-electron chi connectivity index (χ2n) is 3.49. The molecule has 0 fully saturated rings. The first-order valence-electron chi connectivity index (χ1n) is 5.04. The maximum absolute atomic E-state index is 8.75. The third-order valence-electron chi connectivity index (χ3n) is 2.21. The van der Waals surface area contributed by atoms with Crippen molar-refractivity contribution >= 4 is 0 Å². The van der Waals surface area contributed by atoms with Crippen molar-refractivity contribution in [2.75, 3.05) is 6.54 Å². The van der Waals surface area contributed by atoms with Gasteiger partial charge in [0.1, 0.15) is 11.8 Å². The minimum Gasteiger partial charge on any atom is -0.342 e. The van der Waals surface area contributed by atoms with Crippen LogP contribution in [-0.4, -0.2) is 11.1 Å². The van der Waals surface area contributed by atoms with Crippen molar-refractivity contribution in [2.24, 2.45) is 7.05 Å². The molecule has 0 bridgehead atoms. The van der Waals surface area contributed by atoms with Crippen molar-refractivity contribution in [3.8, 4) is 6.07 Å². The van der Waals surface area contributed by atoms with Crippen molar-refractivity contribution < 1.29 is 0 Å². The van der Waals surface area contributed by atoms with E-state index < -0.39 is 0 Å². The van der Waals surface area contributed by atoms with Crippen molar-refractivity contribution in [3.63, 3.8) is 0 Å². The Bertz CT molecular complexity index is 320. The van der Waals surface area contributed by atoms with E-state index in [4.69, 9.17) is 5.26 Å². The molecule has 1 heterocycles. The van der Waals surface area contributed by atoms with E-state index in [1.807, 2.05) is 23.9 Å². The van der Waals surface area contributed by atoms with Gasteiger partial charge in [-0.25, -0.2) is 0 Å². The second kappa shape index (κ2) is 5.46. The van der Waals surface area contributed by atoms with Crippen LogP contribution < -0.4 is 5.32 Å². The summed E-state index contributed by atoms with van der Waals surface area (Å²) in [6.45, 7) is 4.08. The van der Waals surface area contributed by atoms with Gasteiger partial charge in [-0.05, 0) is 24.6 Å². The van der Waals surface area contributed by atoms with Crippen LogP contribution in [-0.2, 0) is 13.6 Å². The van der Waals surface area contributed by atoms with E-state index in [2.05, 4.69) is 18.3 Å². The Labute approximate surface area is 85.3 Å². The van der Waals surface area contributed by atoms with Gasteiger partial charge in [0, 0.05) is 19.8 Å². The topological polar surface area (TPSA) is 40.8 Å². The largest absolute Gasteiger partial charge is 0.342 e. The molecule has 0 saturated heterocycles. The van der Waals surface area contributed by atoms with Crippen LogP contribution in [0.25, 0.3) is 0 Å². The molecule has 0 spiro atoms. The molecule has 1 N–H and O–H groups in total. The fourth-order valence-corrected chi connectivity index (χ4v) is 1.38. The maximum atomic E-state index is 8.75. The average molecular weight is 191 g/mol. The Hall–Kier alpha value is -1.27. The number of rotatable bonds is 5. The van der Waals surface area contributed by atoms with Crippen molar-refractivity contribution in [2.45, 2.75) is 26.3 Å². The molecule has 0 amide bonds. The quantitative estimate of drug-likeness (QED) is 0.721. The van der Waals surface area contributed by atoms with Gasteiger partial charge < -0.3 is 9.88 Å². The first kappa shape index (κ1) is 10.8. The number of aromatic nitrogens is 1. The van der Waals surface area contributed by atoms with Gasteiger partial charge in [0.05, 0.1) is 0 Å². The van der Waals surface area contributed by atoms with E-state index in [1.165, 1.54) is 18.4 Å².